The Morgan fingerprint density at radius 3 is 2.37 bits per heavy atom. The van der Waals surface area contributed by atoms with Crippen molar-refractivity contribution in [1.82, 2.24) is 9.55 Å². The average molecular weight is 399 g/mol. The number of hydrogen-bond acceptors (Lipinski definition) is 4. The molecule has 1 atom stereocenters. The summed E-state index contributed by atoms with van der Waals surface area (Å²) in [5.41, 5.74) is 5.49. The summed E-state index contributed by atoms with van der Waals surface area (Å²) in [6.07, 6.45) is 7.63. The molecule has 0 aliphatic heterocycles. The highest BCUT2D eigenvalue weighted by atomic mass is 16.5. The molecule has 0 saturated carbocycles. The number of ether oxygens (including phenoxy) is 1. The third-order valence-corrected chi connectivity index (χ3v) is 5.26. The maximum Gasteiger partial charge on any atom is 0.124 e. The fourth-order valence-corrected chi connectivity index (χ4v) is 3.51. The number of aromatic nitrogens is 2. The van der Waals surface area contributed by atoms with Crippen LogP contribution in [0.2, 0.25) is 0 Å². The van der Waals surface area contributed by atoms with Crippen molar-refractivity contribution in [3.05, 3.63) is 88.5 Å². The zero-order chi connectivity index (χ0) is 21.3. The van der Waals surface area contributed by atoms with Crippen molar-refractivity contribution >= 4 is 0 Å². The van der Waals surface area contributed by atoms with Crippen molar-refractivity contribution in [3.8, 4) is 12.1 Å². The minimum Gasteiger partial charge on any atom is -0.363 e. The smallest absolute Gasteiger partial charge is 0.124 e. The molecule has 3 rings (SSSR count). The molecule has 0 radical (unpaired) electrons. The van der Waals surface area contributed by atoms with E-state index in [-0.39, 0.29) is 6.10 Å². The Labute approximate surface area is 178 Å². The van der Waals surface area contributed by atoms with E-state index in [0.29, 0.717) is 17.7 Å². The standard InChI is InChI=1S/C25H26N4O/c1-3-4-5-6-22-13-20(15-27)9-12-23(22)17-30-25(24-16-28-18-29(24)2)21-10-7-19(14-26)8-11-21/h7-13,16,18,25H,3-6,17H2,1-2H3. The maximum absolute atomic E-state index is 9.28. The average Bonchev–Trinajstić information content (AvgIpc) is 3.20. The highest BCUT2D eigenvalue weighted by Gasteiger charge is 2.19. The van der Waals surface area contributed by atoms with Crippen LogP contribution in [0.25, 0.3) is 0 Å². The van der Waals surface area contributed by atoms with E-state index in [9.17, 15) is 5.26 Å². The molecule has 0 aliphatic rings. The molecule has 1 aromatic heterocycles. The lowest BCUT2D eigenvalue weighted by molar-refractivity contribution is 0.0617. The second-order valence-electron chi connectivity index (χ2n) is 7.41. The maximum atomic E-state index is 9.28. The minimum absolute atomic E-state index is 0.302. The van der Waals surface area contributed by atoms with Crippen molar-refractivity contribution < 1.29 is 4.74 Å². The van der Waals surface area contributed by atoms with Gasteiger partial charge in [-0.2, -0.15) is 10.5 Å². The van der Waals surface area contributed by atoms with E-state index in [0.717, 1.165) is 36.1 Å². The van der Waals surface area contributed by atoms with Gasteiger partial charge in [-0.25, -0.2) is 4.98 Å². The molecule has 0 spiro atoms. The van der Waals surface area contributed by atoms with E-state index < -0.39 is 0 Å². The van der Waals surface area contributed by atoms with Crippen molar-refractivity contribution in [1.29, 1.82) is 10.5 Å². The largest absolute Gasteiger partial charge is 0.363 e. The predicted molar refractivity (Wildman–Crippen MR) is 115 cm³/mol. The minimum atomic E-state index is -0.302. The predicted octanol–water partition coefficient (Wildman–Crippen LogP) is 5.20. The Balaban J connectivity index is 1.86. The molecule has 152 valence electrons. The van der Waals surface area contributed by atoms with Gasteiger partial charge in [0.05, 0.1) is 48.1 Å². The molecule has 0 bridgehead atoms. The Morgan fingerprint density at radius 2 is 1.73 bits per heavy atom. The zero-order valence-electron chi connectivity index (χ0n) is 17.5. The van der Waals surface area contributed by atoms with Gasteiger partial charge in [-0.3, -0.25) is 0 Å². The van der Waals surface area contributed by atoms with Gasteiger partial charge in [0.2, 0.25) is 0 Å². The molecule has 3 aromatic rings. The summed E-state index contributed by atoms with van der Waals surface area (Å²) in [5, 5.41) is 18.4. The van der Waals surface area contributed by atoms with Crippen molar-refractivity contribution in [2.45, 2.75) is 45.3 Å². The van der Waals surface area contributed by atoms with Gasteiger partial charge in [0.15, 0.2) is 0 Å². The van der Waals surface area contributed by atoms with Gasteiger partial charge in [0, 0.05) is 7.05 Å². The van der Waals surface area contributed by atoms with Crippen LogP contribution in [0.4, 0.5) is 0 Å². The summed E-state index contributed by atoms with van der Waals surface area (Å²) < 4.78 is 8.36. The fourth-order valence-electron chi connectivity index (χ4n) is 3.51. The fraction of sp³-hybridized carbons (Fsp3) is 0.320. The molecule has 2 aromatic carbocycles. The Hall–Kier alpha value is -3.41. The molecule has 0 N–H and O–H groups in total. The molecule has 0 amide bonds. The summed E-state index contributed by atoms with van der Waals surface area (Å²) in [5.74, 6) is 0. The van der Waals surface area contributed by atoms with E-state index in [1.165, 1.54) is 12.0 Å². The summed E-state index contributed by atoms with van der Waals surface area (Å²) >= 11 is 0. The normalized spacial score (nSPS) is 11.6. The molecular formula is C25H26N4O. The van der Waals surface area contributed by atoms with Crippen LogP contribution in [0.5, 0.6) is 0 Å². The number of nitriles is 2. The summed E-state index contributed by atoms with van der Waals surface area (Å²) in [4.78, 5) is 4.24. The monoisotopic (exact) mass is 398 g/mol. The van der Waals surface area contributed by atoms with Crippen LogP contribution < -0.4 is 0 Å². The van der Waals surface area contributed by atoms with E-state index >= 15 is 0 Å². The number of benzene rings is 2. The van der Waals surface area contributed by atoms with Crippen LogP contribution in [0.15, 0.2) is 55.0 Å². The Morgan fingerprint density at radius 1 is 1.00 bits per heavy atom. The first kappa shape index (κ1) is 21.3. The van der Waals surface area contributed by atoms with E-state index in [1.54, 1.807) is 18.5 Å². The van der Waals surface area contributed by atoms with Gasteiger partial charge in [0.1, 0.15) is 6.10 Å². The number of hydrogen-bond donors (Lipinski definition) is 0. The van der Waals surface area contributed by atoms with Gasteiger partial charge in [-0.1, -0.05) is 38.0 Å². The van der Waals surface area contributed by atoms with Crippen LogP contribution in [-0.4, -0.2) is 9.55 Å². The van der Waals surface area contributed by atoms with E-state index in [1.807, 2.05) is 48.1 Å². The molecule has 30 heavy (non-hydrogen) atoms. The van der Waals surface area contributed by atoms with Gasteiger partial charge < -0.3 is 9.30 Å². The van der Waals surface area contributed by atoms with E-state index in [4.69, 9.17) is 10.00 Å². The Kier molecular flexibility index (Phi) is 7.38. The number of unbranched alkanes of at least 4 members (excludes halogenated alkanes) is 2. The first-order valence-corrected chi connectivity index (χ1v) is 10.3. The van der Waals surface area contributed by atoms with Crippen LogP contribution in [0.1, 0.15) is 65.8 Å². The lowest BCUT2D eigenvalue weighted by Crippen LogP contribution is -2.11. The van der Waals surface area contributed by atoms with Crippen molar-refractivity contribution in [2.75, 3.05) is 0 Å². The molecule has 0 aliphatic carbocycles. The third kappa shape index (κ3) is 5.14. The molecule has 5 nitrogen and oxygen atoms in total. The summed E-state index contributed by atoms with van der Waals surface area (Å²) in [7, 11) is 1.94. The van der Waals surface area contributed by atoms with Gasteiger partial charge in [0.25, 0.3) is 0 Å². The van der Waals surface area contributed by atoms with Crippen LogP contribution in [0.3, 0.4) is 0 Å². The van der Waals surface area contributed by atoms with Crippen LogP contribution >= 0.6 is 0 Å². The lowest BCUT2D eigenvalue weighted by atomic mass is 9.99. The second kappa shape index (κ2) is 10.4. The molecule has 0 fully saturated rings. The lowest BCUT2D eigenvalue weighted by Gasteiger charge is -2.20. The first-order chi connectivity index (χ1) is 14.7. The summed E-state index contributed by atoms with van der Waals surface area (Å²) in [6, 6.07) is 17.7. The molecule has 1 unspecified atom stereocenters. The number of imidazole rings is 1. The first-order valence-electron chi connectivity index (χ1n) is 10.3. The SMILES string of the molecule is CCCCCc1cc(C#N)ccc1COC(c1ccc(C#N)cc1)c1cncn1C. The number of rotatable bonds is 9. The summed E-state index contributed by atoms with van der Waals surface area (Å²) in [6.45, 7) is 2.62. The van der Waals surface area contributed by atoms with Crippen LogP contribution in [-0.2, 0) is 24.8 Å². The highest BCUT2D eigenvalue weighted by molar-refractivity contribution is 5.38. The molecule has 1 heterocycles. The second-order valence-corrected chi connectivity index (χ2v) is 7.41. The number of nitrogens with zero attached hydrogens (tertiary/aromatic N) is 4. The molecule has 5 heteroatoms. The van der Waals surface area contributed by atoms with Gasteiger partial charge in [-0.15, -0.1) is 0 Å². The highest BCUT2D eigenvalue weighted by Crippen LogP contribution is 2.28. The third-order valence-electron chi connectivity index (χ3n) is 5.26. The van der Waals surface area contributed by atoms with Gasteiger partial charge in [-0.05, 0) is 53.8 Å². The Bertz CT molecular complexity index is 1050. The zero-order valence-corrected chi connectivity index (χ0v) is 17.5. The van der Waals surface area contributed by atoms with E-state index in [2.05, 4.69) is 24.0 Å². The van der Waals surface area contributed by atoms with Gasteiger partial charge >= 0.3 is 0 Å². The molecular weight excluding hydrogens is 372 g/mol. The van der Waals surface area contributed by atoms with Crippen LogP contribution in [0, 0.1) is 22.7 Å². The quantitative estimate of drug-likeness (QED) is 0.464. The topological polar surface area (TPSA) is 74.6 Å². The van der Waals surface area contributed by atoms with Crippen molar-refractivity contribution in [3.63, 3.8) is 0 Å². The van der Waals surface area contributed by atoms with Crippen molar-refractivity contribution in [2.24, 2.45) is 7.05 Å². The number of aryl methyl sites for hydroxylation is 2. The molecule has 0 saturated heterocycles.